The summed E-state index contributed by atoms with van der Waals surface area (Å²) in [6.45, 7) is 1.94. The second-order valence-corrected chi connectivity index (χ2v) is 10.6. The van der Waals surface area contributed by atoms with E-state index in [-0.39, 0.29) is 23.8 Å². The van der Waals surface area contributed by atoms with E-state index >= 15 is 0 Å². The van der Waals surface area contributed by atoms with E-state index in [9.17, 15) is 9.59 Å². The molecule has 2 aromatic rings. The zero-order valence-electron chi connectivity index (χ0n) is 21.5. The van der Waals surface area contributed by atoms with Crippen LogP contribution in [0, 0.1) is 0 Å². The van der Waals surface area contributed by atoms with E-state index in [4.69, 9.17) is 4.74 Å². The van der Waals surface area contributed by atoms with Crippen molar-refractivity contribution in [2.24, 2.45) is 0 Å². The molecule has 2 atom stereocenters. The smallest absolute Gasteiger partial charge is 0.337 e. The highest BCUT2D eigenvalue weighted by Gasteiger charge is 2.41. The van der Waals surface area contributed by atoms with Crippen molar-refractivity contribution in [2.75, 3.05) is 19.0 Å². The second-order valence-electron chi connectivity index (χ2n) is 10.6. The number of benzene rings is 2. The number of Topliss-reactive ketones (excluding diaryl/α,β-unsaturated/α-hetero) is 1. The predicted molar refractivity (Wildman–Crippen MR) is 143 cm³/mol. The zero-order valence-corrected chi connectivity index (χ0v) is 21.5. The third-order valence-corrected chi connectivity index (χ3v) is 7.89. The van der Waals surface area contributed by atoms with Crippen molar-refractivity contribution in [2.45, 2.75) is 69.8 Å². The number of anilines is 1. The number of dihydropyridines is 1. The average molecular weight is 485 g/mol. The van der Waals surface area contributed by atoms with Crippen molar-refractivity contribution in [3.63, 3.8) is 0 Å². The molecule has 0 saturated heterocycles. The highest BCUT2D eigenvalue weighted by molar-refractivity contribution is 6.04. The first-order chi connectivity index (χ1) is 17.4. The van der Waals surface area contributed by atoms with Crippen LogP contribution < -0.4 is 10.2 Å². The van der Waals surface area contributed by atoms with Gasteiger partial charge in [-0.3, -0.25) is 4.79 Å². The number of ether oxygens (including phenoxy) is 1. The third kappa shape index (κ3) is 4.84. The van der Waals surface area contributed by atoms with Gasteiger partial charge in [0.15, 0.2) is 5.78 Å². The van der Waals surface area contributed by atoms with Crippen molar-refractivity contribution in [3.05, 3.63) is 88.3 Å². The summed E-state index contributed by atoms with van der Waals surface area (Å²) in [5.74, 6) is -0.476. The molecule has 1 saturated carbocycles. The Morgan fingerprint density at radius 3 is 2.28 bits per heavy atom. The van der Waals surface area contributed by atoms with Crippen LogP contribution in [0.25, 0.3) is 0 Å². The Kier molecular flexibility index (Phi) is 6.99. The van der Waals surface area contributed by atoms with E-state index < -0.39 is 5.92 Å². The number of rotatable bonds is 5. The minimum absolute atomic E-state index is 0.0387. The number of nitrogens with one attached hydrogen (secondary N) is 1. The van der Waals surface area contributed by atoms with Crippen LogP contribution in [0.1, 0.15) is 74.8 Å². The van der Waals surface area contributed by atoms with Crippen LogP contribution in [0.15, 0.2) is 77.1 Å². The van der Waals surface area contributed by atoms with Crippen LogP contribution >= 0.6 is 0 Å². The van der Waals surface area contributed by atoms with Gasteiger partial charge in [-0.05, 0) is 68.2 Å². The van der Waals surface area contributed by atoms with Gasteiger partial charge in [0.25, 0.3) is 0 Å². The molecule has 2 aliphatic carbocycles. The molecule has 0 unspecified atom stereocenters. The van der Waals surface area contributed by atoms with Crippen molar-refractivity contribution < 1.29 is 14.3 Å². The van der Waals surface area contributed by atoms with Crippen molar-refractivity contribution in [1.29, 1.82) is 0 Å². The Morgan fingerprint density at radius 1 is 0.917 bits per heavy atom. The van der Waals surface area contributed by atoms with Crippen molar-refractivity contribution >= 4 is 17.4 Å². The molecule has 5 rings (SSSR count). The summed E-state index contributed by atoms with van der Waals surface area (Å²) >= 11 is 0. The molecule has 0 amide bonds. The molecule has 0 aromatic heterocycles. The lowest BCUT2D eigenvalue weighted by Gasteiger charge is -2.37. The molecule has 36 heavy (non-hydrogen) atoms. The van der Waals surface area contributed by atoms with E-state index in [0.29, 0.717) is 12.0 Å². The maximum Gasteiger partial charge on any atom is 0.337 e. The van der Waals surface area contributed by atoms with Gasteiger partial charge in [0.1, 0.15) is 6.10 Å². The third-order valence-electron chi connectivity index (χ3n) is 7.89. The molecule has 0 bridgehead atoms. The number of nitrogens with zero attached hydrogens (tertiary/aromatic N) is 1. The molecule has 2 aromatic carbocycles. The fraction of sp³-hybridized carbons (Fsp3) is 0.419. The molecule has 0 radical (unpaired) electrons. The molecule has 1 heterocycles. The molecule has 1 N–H and O–H groups in total. The number of allylic oxidation sites excluding steroid dienone is 3. The first kappa shape index (κ1) is 24.4. The Bertz CT molecular complexity index is 1190. The molecular weight excluding hydrogens is 448 g/mol. The quantitative estimate of drug-likeness (QED) is 0.528. The molecule has 1 aliphatic heterocycles. The fourth-order valence-electron chi connectivity index (χ4n) is 5.97. The average Bonchev–Trinajstić information content (AvgIpc) is 2.89. The van der Waals surface area contributed by atoms with Gasteiger partial charge in [-0.15, -0.1) is 0 Å². The van der Waals surface area contributed by atoms with Crippen LogP contribution in [0.4, 0.5) is 5.69 Å². The van der Waals surface area contributed by atoms with E-state index in [1.165, 1.54) is 12.0 Å². The minimum Gasteiger partial charge on any atom is -0.459 e. The van der Waals surface area contributed by atoms with Crippen LogP contribution in [-0.4, -0.2) is 32.0 Å². The number of carbonyl (C=O) groups is 2. The number of esters is 1. The van der Waals surface area contributed by atoms with Gasteiger partial charge in [0.05, 0.1) is 5.57 Å². The minimum atomic E-state index is -0.419. The topological polar surface area (TPSA) is 58.6 Å². The van der Waals surface area contributed by atoms with E-state index in [1.807, 2.05) is 56.3 Å². The summed E-state index contributed by atoms with van der Waals surface area (Å²) in [7, 11) is 4.01. The number of carbonyl (C=O) groups excluding carboxylic acids is 2. The van der Waals surface area contributed by atoms with E-state index in [0.717, 1.165) is 60.3 Å². The van der Waals surface area contributed by atoms with Gasteiger partial charge >= 0.3 is 5.97 Å². The largest absolute Gasteiger partial charge is 0.459 e. The maximum atomic E-state index is 13.8. The molecular formula is C31H36N2O3. The first-order valence-electron chi connectivity index (χ1n) is 13.2. The van der Waals surface area contributed by atoms with Crippen LogP contribution in [0.2, 0.25) is 0 Å². The Balaban J connectivity index is 1.53. The lowest BCUT2D eigenvalue weighted by molar-refractivity contribution is -0.146. The summed E-state index contributed by atoms with van der Waals surface area (Å²) in [6.07, 6.45) is 6.38. The summed E-state index contributed by atoms with van der Waals surface area (Å²) in [4.78, 5) is 29.4. The van der Waals surface area contributed by atoms with Crippen LogP contribution in [0.3, 0.4) is 0 Å². The number of ketones is 1. The van der Waals surface area contributed by atoms with E-state index in [1.54, 1.807) is 0 Å². The van der Waals surface area contributed by atoms with Gasteiger partial charge in [-0.1, -0.05) is 48.9 Å². The first-order valence-corrected chi connectivity index (χ1v) is 13.2. The van der Waals surface area contributed by atoms with Gasteiger partial charge in [0.2, 0.25) is 0 Å². The molecule has 5 nitrogen and oxygen atoms in total. The summed E-state index contributed by atoms with van der Waals surface area (Å²) < 4.78 is 6.04. The lowest BCUT2D eigenvalue weighted by Crippen LogP contribution is -2.37. The van der Waals surface area contributed by atoms with Crippen LogP contribution in [-0.2, 0) is 14.3 Å². The molecule has 3 aliphatic rings. The number of hydrogen-bond donors (Lipinski definition) is 1. The summed E-state index contributed by atoms with van der Waals surface area (Å²) in [5, 5.41) is 3.48. The standard InChI is InChI=1S/C31H36N2O3/c1-20-28(31(35)36-25-12-8-5-9-13-25)29(22-14-16-24(17-15-22)33(2)3)30-26(32-20)18-23(19-27(30)34)21-10-6-4-7-11-21/h4,6-7,10-11,14-17,23,25,29,32H,5,8-9,12-13,18-19H2,1-3H3/t23-,29+/m1/s1. The van der Waals surface area contributed by atoms with Crippen LogP contribution in [0.5, 0.6) is 0 Å². The monoisotopic (exact) mass is 484 g/mol. The normalized spacial score (nSPS) is 22.7. The zero-order chi connectivity index (χ0) is 25.2. The summed E-state index contributed by atoms with van der Waals surface area (Å²) in [6, 6.07) is 18.5. The van der Waals surface area contributed by atoms with Gasteiger partial charge in [0, 0.05) is 49.1 Å². The van der Waals surface area contributed by atoms with E-state index in [2.05, 4.69) is 29.6 Å². The number of hydrogen-bond acceptors (Lipinski definition) is 5. The lowest BCUT2D eigenvalue weighted by atomic mass is 9.71. The van der Waals surface area contributed by atoms with Gasteiger partial charge in [-0.2, -0.15) is 0 Å². The van der Waals surface area contributed by atoms with Gasteiger partial charge in [-0.25, -0.2) is 4.79 Å². The molecule has 188 valence electrons. The highest BCUT2D eigenvalue weighted by Crippen LogP contribution is 2.46. The molecule has 1 fully saturated rings. The van der Waals surface area contributed by atoms with Crippen molar-refractivity contribution in [1.82, 2.24) is 5.32 Å². The summed E-state index contributed by atoms with van der Waals surface area (Å²) in [5.41, 5.74) is 6.23. The molecule has 5 heteroatoms. The Labute approximate surface area is 214 Å². The Hall–Kier alpha value is -3.34. The maximum absolute atomic E-state index is 13.8. The SMILES string of the molecule is CC1=C(C(=O)OC2CCCCC2)[C@H](c2ccc(N(C)C)cc2)C2=C(C[C@@H](c3ccccc3)CC2=O)N1. The van der Waals surface area contributed by atoms with Crippen molar-refractivity contribution in [3.8, 4) is 0 Å². The fourth-order valence-corrected chi connectivity index (χ4v) is 5.97. The molecule has 0 spiro atoms. The second kappa shape index (κ2) is 10.3. The Morgan fingerprint density at radius 2 is 1.61 bits per heavy atom. The predicted octanol–water partition coefficient (Wildman–Crippen LogP) is 5.99. The highest BCUT2D eigenvalue weighted by atomic mass is 16.5. The van der Waals surface area contributed by atoms with Gasteiger partial charge < -0.3 is 15.0 Å².